The van der Waals surface area contributed by atoms with Crippen molar-refractivity contribution in [2.24, 2.45) is 0 Å². The quantitative estimate of drug-likeness (QED) is 0.642. The average Bonchev–Trinajstić information content (AvgIpc) is 2.67. The van der Waals surface area contributed by atoms with Gasteiger partial charge in [-0.2, -0.15) is 0 Å². The molecule has 0 bridgehead atoms. The van der Waals surface area contributed by atoms with Gasteiger partial charge >= 0.3 is 0 Å². The first kappa shape index (κ1) is 19.4. The molecule has 0 heterocycles. The molecular weight excluding hydrogens is 348 g/mol. The van der Waals surface area contributed by atoms with Gasteiger partial charge in [0, 0.05) is 22.5 Å². The molecule has 4 nitrogen and oxygen atoms in total. The molecule has 0 fully saturated rings. The summed E-state index contributed by atoms with van der Waals surface area (Å²) in [4.78, 5) is 25.2. The van der Waals surface area contributed by atoms with Gasteiger partial charge in [-0.3, -0.25) is 9.59 Å². The summed E-state index contributed by atoms with van der Waals surface area (Å²) in [6.07, 6.45) is 0. The molecule has 2 N–H and O–H groups in total. The number of benzene rings is 3. The standard InChI is InChI=1S/C24H24N2O2/c1-15-8-10-21(12-17(15)3)25-23(27)19-6-5-7-20(14-19)24(28)26-22-11-9-16(2)18(4)13-22/h5-14H,1-4H3,(H,25,27)(H,26,28). The molecule has 3 aromatic carbocycles. The summed E-state index contributed by atoms with van der Waals surface area (Å²) in [6, 6.07) is 18.3. The molecule has 0 unspecified atom stereocenters. The highest BCUT2D eigenvalue weighted by Crippen LogP contribution is 2.17. The topological polar surface area (TPSA) is 58.2 Å². The van der Waals surface area contributed by atoms with Gasteiger partial charge in [0.05, 0.1) is 0 Å². The largest absolute Gasteiger partial charge is 0.322 e. The minimum Gasteiger partial charge on any atom is -0.322 e. The second-order valence-electron chi connectivity index (χ2n) is 7.09. The Hall–Kier alpha value is -3.40. The second-order valence-corrected chi connectivity index (χ2v) is 7.09. The molecule has 0 aliphatic rings. The van der Waals surface area contributed by atoms with Gasteiger partial charge in [0.1, 0.15) is 0 Å². The van der Waals surface area contributed by atoms with Gasteiger partial charge in [0.25, 0.3) is 11.8 Å². The molecule has 2 amide bonds. The van der Waals surface area contributed by atoms with E-state index in [1.54, 1.807) is 24.3 Å². The molecule has 0 saturated heterocycles. The molecule has 28 heavy (non-hydrogen) atoms. The minimum absolute atomic E-state index is 0.246. The minimum atomic E-state index is -0.246. The van der Waals surface area contributed by atoms with E-state index >= 15 is 0 Å². The number of amides is 2. The van der Waals surface area contributed by atoms with E-state index in [0.717, 1.165) is 22.5 Å². The number of nitrogens with one attached hydrogen (secondary N) is 2. The van der Waals surface area contributed by atoms with Gasteiger partial charge in [-0.15, -0.1) is 0 Å². The van der Waals surface area contributed by atoms with Gasteiger partial charge < -0.3 is 10.6 Å². The molecule has 3 aromatic rings. The lowest BCUT2D eigenvalue weighted by atomic mass is 10.1. The molecule has 0 spiro atoms. The predicted molar refractivity (Wildman–Crippen MR) is 114 cm³/mol. The summed E-state index contributed by atoms with van der Waals surface area (Å²) in [5.74, 6) is -0.492. The van der Waals surface area contributed by atoms with Crippen LogP contribution in [-0.4, -0.2) is 11.8 Å². The van der Waals surface area contributed by atoms with Crippen molar-refractivity contribution >= 4 is 23.2 Å². The third-order valence-electron chi connectivity index (χ3n) is 4.92. The van der Waals surface area contributed by atoms with E-state index in [4.69, 9.17) is 0 Å². The van der Waals surface area contributed by atoms with Crippen molar-refractivity contribution in [3.05, 3.63) is 94.0 Å². The number of anilines is 2. The van der Waals surface area contributed by atoms with E-state index < -0.39 is 0 Å². The third-order valence-corrected chi connectivity index (χ3v) is 4.92. The fraction of sp³-hybridized carbons (Fsp3) is 0.167. The van der Waals surface area contributed by atoms with Crippen LogP contribution in [0.25, 0.3) is 0 Å². The zero-order valence-corrected chi connectivity index (χ0v) is 16.6. The van der Waals surface area contributed by atoms with Gasteiger partial charge in [-0.05, 0) is 92.4 Å². The van der Waals surface area contributed by atoms with Crippen LogP contribution in [0, 0.1) is 27.7 Å². The first-order valence-electron chi connectivity index (χ1n) is 9.21. The SMILES string of the molecule is Cc1ccc(NC(=O)c2cccc(C(=O)Nc3ccc(C)c(C)c3)c2)cc1C. The highest BCUT2D eigenvalue weighted by atomic mass is 16.2. The average molecular weight is 372 g/mol. The number of hydrogen-bond acceptors (Lipinski definition) is 2. The first-order chi connectivity index (χ1) is 13.3. The monoisotopic (exact) mass is 372 g/mol. The number of carbonyl (C=O) groups is 2. The van der Waals surface area contributed by atoms with E-state index in [2.05, 4.69) is 10.6 Å². The molecule has 0 saturated carbocycles. The summed E-state index contributed by atoms with van der Waals surface area (Å²) in [6.45, 7) is 8.06. The van der Waals surface area contributed by atoms with Crippen molar-refractivity contribution in [2.45, 2.75) is 27.7 Å². The summed E-state index contributed by atoms with van der Waals surface area (Å²) in [7, 11) is 0. The van der Waals surface area contributed by atoms with Gasteiger partial charge in [0.15, 0.2) is 0 Å². The van der Waals surface area contributed by atoms with Crippen LogP contribution in [-0.2, 0) is 0 Å². The third kappa shape index (κ3) is 4.46. The molecular formula is C24H24N2O2. The highest BCUT2D eigenvalue weighted by Gasteiger charge is 2.12. The Labute approximate surface area is 165 Å². The number of rotatable bonds is 4. The Morgan fingerprint density at radius 2 is 1.00 bits per heavy atom. The van der Waals surface area contributed by atoms with Crippen LogP contribution in [0.1, 0.15) is 43.0 Å². The highest BCUT2D eigenvalue weighted by molar-refractivity contribution is 6.08. The van der Waals surface area contributed by atoms with Crippen LogP contribution in [0.15, 0.2) is 60.7 Å². The molecule has 142 valence electrons. The molecule has 0 aliphatic heterocycles. The number of hydrogen-bond donors (Lipinski definition) is 2. The van der Waals surface area contributed by atoms with E-state index in [0.29, 0.717) is 11.1 Å². The van der Waals surface area contributed by atoms with E-state index in [1.807, 2.05) is 64.1 Å². The lowest BCUT2D eigenvalue weighted by Crippen LogP contribution is -2.15. The maximum Gasteiger partial charge on any atom is 0.255 e. The Kier molecular flexibility index (Phi) is 5.59. The second kappa shape index (κ2) is 8.09. The lowest BCUT2D eigenvalue weighted by molar-refractivity contribution is 0.102. The Balaban J connectivity index is 1.75. The van der Waals surface area contributed by atoms with Crippen molar-refractivity contribution < 1.29 is 9.59 Å². The predicted octanol–water partition coefficient (Wildman–Crippen LogP) is 5.42. The Morgan fingerprint density at radius 1 is 0.571 bits per heavy atom. The van der Waals surface area contributed by atoms with Crippen molar-refractivity contribution in [1.29, 1.82) is 0 Å². The molecule has 0 aromatic heterocycles. The van der Waals surface area contributed by atoms with Crippen LogP contribution >= 0.6 is 0 Å². The van der Waals surface area contributed by atoms with Crippen molar-refractivity contribution in [3.8, 4) is 0 Å². The van der Waals surface area contributed by atoms with Crippen LogP contribution < -0.4 is 10.6 Å². The Bertz CT molecular complexity index is 973. The van der Waals surface area contributed by atoms with Gasteiger partial charge in [-0.25, -0.2) is 0 Å². The van der Waals surface area contributed by atoms with Crippen LogP contribution in [0.5, 0.6) is 0 Å². The van der Waals surface area contributed by atoms with E-state index in [9.17, 15) is 9.59 Å². The van der Waals surface area contributed by atoms with Crippen molar-refractivity contribution in [2.75, 3.05) is 10.6 Å². The van der Waals surface area contributed by atoms with Crippen molar-refractivity contribution in [3.63, 3.8) is 0 Å². The van der Waals surface area contributed by atoms with Crippen molar-refractivity contribution in [1.82, 2.24) is 0 Å². The van der Waals surface area contributed by atoms with Crippen LogP contribution in [0.2, 0.25) is 0 Å². The first-order valence-corrected chi connectivity index (χ1v) is 9.21. The maximum absolute atomic E-state index is 12.6. The summed E-state index contributed by atoms with van der Waals surface area (Å²) in [5.41, 5.74) is 6.90. The number of carbonyl (C=O) groups excluding carboxylic acids is 2. The molecule has 3 rings (SSSR count). The molecule has 4 heteroatoms. The fourth-order valence-corrected chi connectivity index (χ4v) is 2.85. The smallest absolute Gasteiger partial charge is 0.255 e. The summed E-state index contributed by atoms with van der Waals surface area (Å²) in [5, 5.41) is 5.77. The molecule has 0 aliphatic carbocycles. The zero-order valence-electron chi connectivity index (χ0n) is 16.6. The van der Waals surface area contributed by atoms with Gasteiger partial charge in [0.2, 0.25) is 0 Å². The summed E-state index contributed by atoms with van der Waals surface area (Å²) >= 11 is 0. The van der Waals surface area contributed by atoms with Crippen LogP contribution in [0.4, 0.5) is 11.4 Å². The molecule has 0 radical (unpaired) electrons. The molecule has 0 atom stereocenters. The fourth-order valence-electron chi connectivity index (χ4n) is 2.85. The normalized spacial score (nSPS) is 10.4. The van der Waals surface area contributed by atoms with Crippen LogP contribution in [0.3, 0.4) is 0 Å². The van der Waals surface area contributed by atoms with E-state index in [-0.39, 0.29) is 11.8 Å². The summed E-state index contributed by atoms with van der Waals surface area (Å²) < 4.78 is 0. The van der Waals surface area contributed by atoms with Gasteiger partial charge in [-0.1, -0.05) is 18.2 Å². The zero-order chi connectivity index (χ0) is 20.3. The number of aryl methyl sites for hydroxylation is 4. The Morgan fingerprint density at radius 3 is 1.39 bits per heavy atom. The lowest BCUT2D eigenvalue weighted by Gasteiger charge is -2.10. The van der Waals surface area contributed by atoms with E-state index in [1.165, 1.54) is 11.1 Å². The maximum atomic E-state index is 12.6.